The third kappa shape index (κ3) is 2.72. The molecule has 6 heteroatoms. The van der Waals surface area contributed by atoms with Gasteiger partial charge in [-0.05, 0) is 66.3 Å². The lowest BCUT2D eigenvalue weighted by molar-refractivity contribution is 0.173. The van der Waals surface area contributed by atoms with Crippen molar-refractivity contribution in [2.75, 3.05) is 25.6 Å². The number of nitrogen functional groups attached to an aromatic ring is 1. The first-order chi connectivity index (χ1) is 11.8. The van der Waals surface area contributed by atoms with Gasteiger partial charge in [0.2, 0.25) is 6.79 Å². The van der Waals surface area contributed by atoms with E-state index in [2.05, 4.69) is 30.0 Å². The fourth-order valence-electron chi connectivity index (χ4n) is 4.62. The van der Waals surface area contributed by atoms with Crippen LogP contribution in [0.15, 0.2) is 24.3 Å². The van der Waals surface area contributed by atoms with E-state index in [9.17, 15) is 0 Å². The average Bonchev–Trinajstić information content (AvgIpc) is 3.05. The van der Waals surface area contributed by atoms with Crippen molar-refractivity contribution < 1.29 is 9.47 Å². The highest BCUT2D eigenvalue weighted by Gasteiger charge is 2.37. The van der Waals surface area contributed by atoms with Crippen molar-refractivity contribution in [2.24, 2.45) is 0 Å². The molecule has 0 aromatic heterocycles. The van der Waals surface area contributed by atoms with Gasteiger partial charge in [-0.15, -0.1) is 24.8 Å². The molecule has 0 spiro atoms. The lowest BCUT2D eigenvalue weighted by Gasteiger charge is -2.42. The summed E-state index contributed by atoms with van der Waals surface area (Å²) in [7, 11) is 0. The van der Waals surface area contributed by atoms with Crippen LogP contribution in [0.4, 0.5) is 5.69 Å². The van der Waals surface area contributed by atoms with Crippen LogP contribution in [-0.4, -0.2) is 24.8 Å². The van der Waals surface area contributed by atoms with Gasteiger partial charge in [-0.3, -0.25) is 4.90 Å². The van der Waals surface area contributed by atoms with E-state index in [-0.39, 0.29) is 24.8 Å². The van der Waals surface area contributed by atoms with E-state index >= 15 is 0 Å². The third-order valence-corrected chi connectivity index (χ3v) is 5.55. The Kier molecular flexibility index (Phi) is 5.29. The predicted molar refractivity (Wildman–Crippen MR) is 109 cm³/mol. The zero-order valence-corrected chi connectivity index (χ0v) is 16.4. The minimum atomic E-state index is 0. The molecule has 2 aromatic carbocycles. The summed E-state index contributed by atoms with van der Waals surface area (Å²) >= 11 is 0. The molecule has 0 radical (unpaired) electrons. The number of benzene rings is 2. The number of nitrogens with zero attached hydrogens (tertiary/aromatic N) is 1. The minimum Gasteiger partial charge on any atom is -0.454 e. The molecule has 3 aliphatic rings. The Bertz CT molecular complexity index is 841. The lowest BCUT2D eigenvalue weighted by atomic mass is 9.76. The first-order valence-electron chi connectivity index (χ1n) is 8.84. The molecule has 2 aliphatic heterocycles. The second-order valence-electron chi connectivity index (χ2n) is 6.98. The Morgan fingerprint density at radius 3 is 2.81 bits per heavy atom. The molecule has 140 valence electrons. The Morgan fingerprint density at radius 2 is 2.00 bits per heavy atom. The van der Waals surface area contributed by atoms with Crippen molar-refractivity contribution in [1.29, 1.82) is 0 Å². The molecule has 2 aromatic rings. The summed E-state index contributed by atoms with van der Waals surface area (Å²) in [5, 5.41) is 0. The second kappa shape index (κ2) is 7.18. The summed E-state index contributed by atoms with van der Waals surface area (Å²) in [5.74, 6) is 1.75. The SMILES string of the molecule is CCCN1CCc2cc(N)cc3c2[C@H]1Cc1ccc2c(c1-3)OCO2.Cl.Cl. The van der Waals surface area contributed by atoms with Gasteiger partial charge in [0.25, 0.3) is 0 Å². The summed E-state index contributed by atoms with van der Waals surface area (Å²) < 4.78 is 11.4. The van der Waals surface area contributed by atoms with Crippen LogP contribution in [-0.2, 0) is 12.8 Å². The topological polar surface area (TPSA) is 47.7 Å². The van der Waals surface area contributed by atoms with Crippen molar-refractivity contribution >= 4 is 30.5 Å². The zero-order chi connectivity index (χ0) is 16.3. The maximum absolute atomic E-state index is 6.24. The molecule has 5 rings (SSSR count). The highest BCUT2D eigenvalue weighted by Crippen LogP contribution is 2.52. The van der Waals surface area contributed by atoms with Crippen LogP contribution in [0, 0.1) is 0 Å². The molecular formula is C20H24Cl2N2O2. The van der Waals surface area contributed by atoms with E-state index in [4.69, 9.17) is 15.2 Å². The number of hydrogen-bond donors (Lipinski definition) is 1. The van der Waals surface area contributed by atoms with Gasteiger partial charge in [0.15, 0.2) is 11.5 Å². The van der Waals surface area contributed by atoms with Gasteiger partial charge in [0.1, 0.15) is 0 Å². The summed E-state index contributed by atoms with van der Waals surface area (Å²) in [6, 6.07) is 9.00. The van der Waals surface area contributed by atoms with Crippen molar-refractivity contribution in [3.05, 3.63) is 41.0 Å². The smallest absolute Gasteiger partial charge is 0.231 e. The minimum absolute atomic E-state index is 0. The van der Waals surface area contributed by atoms with Gasteiger partial charge in [-0.25, -0.2) is 0 Å². The van der Waals surface area contributed by atoms with E-state index in [0.29, 0.717) is 12.8 Å². The van der Waals surface area contributed by atoms with E-state index in [1.54, 1.807) is 0 Å². The first-order valence-corrected chi connectivity index (χ1v) is 8.84. The Balaban J connectivity index is 0.000000980. The van der Waals surface area contributed by atoms with E-state index in [1.165, 1.54) is 34.2 Å². The number of fused-ring (bicyclic) bond motifs is 4. The van der Waals surface area contributed by atoms with Crippen molar-refractivity contribution in [3.63, 3.8) is 0 Å². The molecule has 26 heavy (non-hydrogen) atoms. The maximum Gasteiger partial charge on any atom is 0.231 e. The van der Waals surface area contributed by atoms with Crippen LogP contribution in [0.3, 0.4) is 0 Å². The standard InChI is InChI=1S/C20H22N2O2.2ClH/c1-2-6-22-7-5-13-8-14(21)10-15-18(13)16(22)9-12-3-4-17-20(19(12)15)24-11-23-17;;/h3-4,8,10,16H,2,5-7,9,11,21H2,1H3;2*1H/t16-;;/m1../s1. The molecule has 1 aliphatic carbocycles. The quantitative estimate of drug-likeness (QED) is 0.767. The normalized spacial score (nSPS) is 19.0. The van der Waals surface area contributed by atoms with Crippen molar-refractivity contribution in [2.45, 2.75) is 32.2 Å². The lowest BCUT2D eigenvalue weighted by Crippen LogP contribution is -2.39. The number of nitrogens with two attached hydrogens (primary N) is 1. The van der Waals surface area contributed by atoms with Crippen molar-refractivity contribution in [1.82, 2.24) is 4.90 Å². The monoisotopic (exact) mass is 394 g/mol. The molecule has 0 saturated heterocycles. The van der Waals surface area contributed by atoms with Crippen LogP contribution in [0.25, 0.3) is 11.1 Å². The third-order valence-electron chi connectivity index (χ3n) is 5.55. The van der Waals surface area contributed by atoms with E-state index in [0.717, 1.165) is 43.1 Å². The number of hydrogen-bond acceptors (Lipinski definition) is 4. The summed E-state index contributed by atoms with van der Waals surface area (Å²) in [5.41, 5.74) is 13.7. The van der Waals surface area contributed by atoms with Gasteiger partial charge in [0.05, 0.1) is 0 Å². The Hall–Kier alpha value is -1.62. The van der Waals surface area contributed by atoms with Gasteiger partial charge >= 0.3 is 0 Å². The molecule has 0 amide bonds. The summed E-state index contributed by atoms with van der Waals surface area (Å²) in [6.07, 6.45) is 3.30. The van der Waals surface area contributed by atoms with Crippen LogP contribution >= 0.6 is 24.8 Å². The fraction of sp³-hybridized carbons (Fsp3) is 0.400. The average molecular weight is 395 g/mol. The number of halogens is 2. The highest BCUT2D eigenvalue weighted by molar-refractivity contribution is 5.86. The Morgan fingerprint density at radius 1 is 1.15 bits per heavy atom. The molecule has 4 nitrogen and oxygen atoms in total. The molecule has 0 fully saturated rings. The molecule has 2 N–H and O–H groups in total. The molecular weight excluding hydrogens is 371 g/mol. The van der Waals surface area contributed by atoms with Crippen molar-refractivity contribution in [3.8, 4) is 22.6 Å². The van der Waals surface area contributed by atoms with Gasteiger partial charge < -0.3 is 15.2 Å². The van der Waals surface area contributed by atoms with Gasteiger partial charge in [-0.2, -0.15) is 0 Å². The zero-order valence-electron chi connectivity index (χ0n) is 14.8. The largest absolute Gasteiger partial charge is 0.454 e. The fourth-order valence-corrected chi connectivity index (χ4v) is 4.62. The molecule has 0 saturated carbocycles. The van der Waals surface area contributed by atoms with E-state index in [1.807, 2.05) is 6.07 Å². The van der Waals surface area contributed by atoms with Crippen LogP contribution < -0.4 is 15.2 Å². The van der Waals surface area contributed by atoms with Crippen LogP contribution in [0.1, 0.15) is 36.1 Å². The number of anilines is 1. The highest BCUT2D eigenvalue weighted by atomic mass is 35.5. The number of ether oxygens (including phenoxy) is 2. The Labute approximate surface area is 166 Å². The van der Waals surface area contributed by atoms with Gasteiger partial charge in [0, 0.05) is 23.8 Å². The summed E-state index contributed by atoms with van der Waals surface area (Å²) in [6.45, 7) is 4.83. The van der Waals surface area contributed by atoms with E-state index < -0.39 is 0 Å². The summed E-state index contributed by atoms with van der Waals surface area (Å²) in [4.78, 5) is 2.63. The number of rotatable bonds is 2. The molecule has 1 atom stereocenters. The molecule has 0 unspecified atom stereocenters. The first kappa shape index (κ1) is 19.2. The van der Waals surface area contributed by atoms with Crippen LogP contribution in [0.2, 0.25) is 0 Å². The predicted octanol–water partition coefficient (Wildman–Crippen LogP) is 4.37. The maximum atomic E-state index is 6.24. The van der Waals surface area contributed by atoms with Gasteiger partial charge in [-0.1, -0.05) is 13.0 Å². The molecule has 2 heterocycles. The second-order valence-corrected chi connectivity index (χ2v) is 6.98. The molecule has 0 bridgehead atoms. The van der Waals surface area contributed by atoms with Crippen LogP contribution in [0.5, 0.6) is 11.5 Å².